The Morgan fingerprint density at radius 1 is 1.14 bits per heavy atom. The van der Waals surface area contributed by atoms with Crippen LogP contribution in [0.1, 0.15) is 21.5 Å². The normalized spacial score (nSPS) is 20.2. The van der Waals surface area contributed by atoms with Gasteiger partial charge >= 0.3 is 0 Å². The zero-order valence-corrected chi connectivity index (χ0v) is 11.6. The fourth-order valence-electron chi connectivity index (χ4n) is 2.53. The van der Waals surface area contributed by atoms with Crippen LogP contribution in [0.15, 0.2) is 48.5 Å². The standard InChI is InChI=1S/C17H15NO3/c1-11-6-8-13(9-7-11)18-16(20)17(21)10-12-4-2-3-5-14(12)15(17)19/h2-9,21H,10H2,1H3,(H,18,20)/t17-/m0/s1. The summed E-state index contributed by atoms with van der Waals surface area (Å²) in [6.07, 6.45) is 0.0136. The number of aliphatic hydroxyl groups is 1. The van der Waals surface area contributed by atoms with Gasteiger partial charge in [0.2, 0.25) is 11.4 Å². The second-order valence-electron chi connectivity index (χ2n) is 5.34. The van der Waals surface area contributed by atoms with Crippen LogP contribution in [0.2, 0.25) is 0 Å². The number of amides is 1. The first-order chi connectivity index (χ1) is 10.0. The fraction of sp³-hybridized carbons (Fsp3) is 0.176. The van der Waals surface area contributed by atoms with Gasteiger partial charge in [0.05, 0.1) is 0 Å². The molecule has 21 heavy (non-hydrogen) atoms. The Hall–Kier alpha value is -2.46. The van der Waals surface area contributed by atoms with Crippen LogP contribution in [-0.2, 0) is 11.2 Å². The zero-order chi connectivity index (χ0) is 15.0. The Morgan fingerprint density at radius 3 is 2.48 bits per heavy atom. The van der Waals surface area contributed by atoms with E-state index in [2.05, 4.69) is 5.32 Å². The molecule has 2 aromatic carbocycles. The first-order valence-corrected chi connectivity index (χ1v) is 6.74. The number of aryl methyl sites for hydroxylation is 1. The predicted octanol–water partition coefficient (Wildman–Crippen LogP) is 2.10. The van der Waals surface area contributed by atoms with Crippen LogP contribution in [0, 0.1) is 6.92 Å². The van der Waals surface area contributed by atoms with Gasteiger partial charge in [0, 0.05) is 17.7 Å². The molecule has 4 nitrogen and oxygen atoms in total. The minimum Gasteiger partial charge on any atom is -0.373 e. The Bertz CT molecular complexity index is 721. The van der Waals surface area contributed by atoms with Gasteiger partial charge in [0.15, 0.2) is 0 Å². The molecule has 1 aliphatic carbocycles. The third-order valence-corrected chi connectivity index (χ3v) is 3.77. The first kappa shape index (κ1) is 13.5. The molecule has 2 N–H and O–H groups in total. The second-order valence-corrected chi connectivity index (χ2v) is 5.34. The number of anilines is 1. The molecular weight excluding hydrogens is 266 g/mol. The van der Waals surface area contributed by atoms with Gasteiger partial charge in [-0.1, -0.05) is 42.0 Å². The summed E-state index contributed by atoms with van der Waals surface area (Å²) in [5.41, 5.74) is 0.719. The summed E-state index contributed by atoms with van der Waals surface area (Å²) in [6, 6.07) is 14.1. The van der Waals surface area contributed by atoms with Crippen molar-refractivity contribution in [1.82, 2.24) is 0 Å². The highest BCUT2D eigenvalue weighted by Crippen LogP contribution is 2.31. The van der Waals surface area contributed by atoms with Crippen molar-refractivity contribution < 1.29 is 14.7 Å². The Balaban J connectivity index is 1.85. The van der Waals surface area contributed by atoms with Gasteiger partial charge in [-0.25, -0.2) is 0 Å². The molecule has 0 saturated heterocycles. The summed E-state index contributed by atoms with van der Waals surface area (Å²) in [4.78, 5) is 24.6. The molecule has 0 spiro atoms. The second kappa shape index (κ2) is 4.82. The van der Waals surface area contributed by atoms with Gasteiger partial charge in [-0.05, 0) is 24.6 Å². The van der Waals surface area contributed by atoms with Gasteiger partial charge < -0.3 is 10.4 Å². The lowest BCUT2D eigenvalue weighted by atomic mass is 9.98. The van der Waals surface area contributed by atoms with E-state index < -0.39 is 17.3 Å². The van der Waals surface area contributed by atoms with Crippen LogP contribution in [-0.4, -0.2) is 22.4 Å². The maximum absolute atomic E-state index is 12.3. The highest BCUT2D eigenvalue weighted by molar-refractivity contribution is 6.22. The predicted molar refractivity (Wildman–Crippen MR) is 79.2 cm³/mol. The van der Waals surface area contributed by atoms with E-state index in [0.717, 1.165) is 5.56 Å². The maximum Gasteiger partial charge on any atom is 0.264 e. The number of rotatable bonds is 2. The van der Waals surface area contributed by atoms with E-state index in [1.54, 1.807) is 36.4 Å². The maximum atomic E-state index is 12.3. The lowest BCUT2D eigenvalue weighted by molar-refractivity contribution is -0.129. The van der Waals surface area contributed by atoms with E-state index in [1.165, 1.54) is 0 Å². The van der Waals surface area contributed by atoms with Crippen molar-refractivity contribution in [2.75, 3.05) is 5.32 Å². The van der Waals surface area contributed by atoms with Crippen LogP contribution in [0.5, 0.6) is 0 Å². The van der Waals surface area contributed by atoms with Crippen LogP contribution in [0.3, 0.4) is 0 Å². The minimum atomic E-state index is -2.02. The van der Waals surface area contributed by atoms with E-state index in [-0.39, 0.29) is 6.42 Å². The number of benzene rings is 2. The molecule has 0 aromatic heterocycles. The van der Waals surface area contributed by atoms with Crippen molar-refractivity contribution in [2.24, 2.45) is 0 Å². The molecule has 0 fully saturated rings. The largest absolute Gasteiger partial charge is 0.373 e. The number of ketones is 1. The quantitative estimate of drug-likeness (QED) is 0.828. The molecule has 0 bridgehead atoms. The van der Waals surface area contributed by atoms with Gasteiger partial charge in [0.25, 0.3) is 5.91 Å². The van der Waals surface area contributed by atoms with Crippen molar-refractivity contribution >= 4 is 17.4 Å². The molecule has 2 aromatic rings. The Kier molecular flexibility index (Phi) is 3.11. The molecule has 0 aliphatic heterocycles. The lowest BCUT2D eigenvalue weighted by Gasteiger charge is -2.19. The summed E-state index contributed by atoms with van der Waals surface area (Å²) in [7, 11) is 0. The lowest BCUT2D eigenvalue weighted by Crippen LogP contribution is -2.48. The summed E-state index contributed by atoms with van der Waals surface area (Å²) in [5, 5.41) is 13.1. The number of hydrogen-bond donors (Lipinski definition) is 2. The number of Topliss-reactive ketones (excluding diaryl/α,β-unsaturated/α-hetero) is 1. The van der Waals surface area contributed by atoms with Crippen molar-refractivity contribution in [3.8, 4) is 0 Å². The molecule has 0 unspecified atom stereocenters. The van der Waals surface area contributed by atoms with Crippen LogP contribution >= 0.6 is 0 Å². The molecule has 1 amide bonds. The average Bonchev–Trinajstić information content (AvgIpc) is 2.75. The number of carbonyl (C=O) groups is 2. The van der Waals surface area contributed by atoms with Crippen molar-refractivity contribution in [2.45, 2.75) is 18.9 Å². The summed E-state index contributed by atoms with van der Waals surface area (Å²) in [6.45, 7) is 1.94. The van der Waals surface area contributed by atoms with Gasteiger partial charge in [-0.15, -0.1) is 0 Å². The number of nitrogens with one attached hydrogen (secondary N) is 1. The Labute approximate surface area is 122 Å². The zero-order valence-electron chi connectivity index (χ0n) is 11.6. The van der Waals surface area contributed by atoms with E-state index in [1.807, 2.05) is 19.1 Å². The topological polar surface area (TPSA) is 66.4 Å². The molecular formula is C17H15NO3. The fourth-order valence-corrected chi connectivity index (χ4v) is 2.53. The summed E-state index contributed by atoms with van der Waals surface area (Å²) < 4.78 is 0. The van der Waals surface area contributed by atoms with Gasteiger partial charge in [-0.2, -0.15) is 0 Å². The van der Waals surface area contributed by atoms with Crippen molar-refractivity contribution in [1.29, 1.82) is 0 Å². The average molecular weight is 281 g/mol. The van der Waals surface area contributed by atoms with Gasteiger partial charge in [0.1, 0.15) is 0 Å². The van der Waals surface area contributed by atoms with Crippen molar-refractivity contribution in [3.05, 3.63) is 65.2 Å². The van der Waals surface area contributed by atoms with Crippen molar-refractivity contribution in [3.63, 3.8) is 0 Å². The van der Waals surface area contributed by atoms with Crippen LogP contribution in [0.25, 0.3) is 0 Å². The summed E-state index contributed by atoms with van der Waals surface area (Å²) in [5.74, 6) is -1.23. The minimum absolute atomic E-state index is 0.0136. The molecule has 0 heterocycles. The van der Waals surface area contributed by atoms with E-state index in [0.29, 0.717) is 16.8 Å². The first-order valence-electron chi connectivity index (χ1n) is 6.74. The molecule has 1 atom stereocenters. The van der Waals surface area contributed by atoms with Crippen LogP contribution in [0.4, 0.5) is 5.69 Å². The third kappa shape index (κ3) is 2.23. The molecule has 4 heteroatoms. The van der Waals surface area contributed by atoms with E-state index in [9.17, 15) is 14.7 Å². The monoisotopic (exact) mass is 281 g/mol. The SMILES string of the molecule is Cc1ccc(NC(=O)[C@]2(O)Cc3ccccc3C2=O)cc1. The highest BCUT2D eigenvalue weighted by Gasteiger charge is 2.49. The molecule has 106 valence electrons. The smallest absolute Gasteiger partial charge is 0.264 e. The van der Waals surface area contributed by atoms with Crippen LogP contribution < -0.4 is 5.32 Å². The Morgan fingerprint density at radius 2 is 1.81 bits per heavy atom. The number of fused-ring (bicyclic) bond motifs is 1. The number of hydrogen-bond acceptors (Lipinski definition) is 3. The highest BCUT2D eigenvalue weighted by atomic mass is 16.3. The van der Waals surface area contributed by atoms with E-state index >= 15 is 0 Å². The number of carbonyl (C=O) groups excluding carboxylic acids is 2. The molecule has 3 rings (SSSR count). The molecule has 0 radical (unpaired) electrons. The third-order valence-electron chi connectivity index (χ3n) is 3.77. The molecule has 1 aliphatic rings. The van der Waals surface area contributed by atoms with Gasteiger partial charge in [-0.3, -0.25) is 9.59 Å². The summed E-state index contributed by atoms with van der Waals surface area (Å²) >= 11 is 0. The molecule has 0 saturated carbocycles. The van der Waals surface area contributed by atoms with E-state index in [4.69, 9.17) is 0 Å².